The van der Waals surface area contributed by atoms with Gasteiger partial charge in [-0.2, -0.15) is 0 Å². The zero-order valence-corrected chi connectivity index (χ0v) is 16.7. The number of rotatable bonds is 6. The van der Waals surface area contributed by atoms with Crippen LogP contribution in [0.5, 0.6) is 0 Å². The van der Waals surface area contributed by atoms with Crippen LogP contribution >= 0.6 is 0 Å². The van der Waals surface area contributed by atoms with Crippen molar-refractivity contribution < 1.29 is 0 Å². The van der Waals surface area contributed by atoms with Crippen LogP contribution in [0.3, 0.4) is 0 Å². The van der Waals surface area contributed by atoms with Gasteiger partial charge in [-0.1, -0.05) is 50.6 Å². The first-order chi connectivity index (χ1) is 11.9. The van der Waals surface area contributed by atoms with E-state index in [0.717, 1.165) is 19.3 Å². The molecule has 0 fully saturated rings. The number of hydrogen-bond donors (Lipinski definition) is 1. The quantitative estimate of drug-likeness (QED) is 0.534. The van der Waals surface area contributed by atoms with Crippen LogP contribution in [0, 0.1) is 5.92 Å². The van der Waals surface area contributed by atoms with E-state index in [4.69, 9.17) is 0 Å². The van der Waals surface area contributed by atoms with E-state index in [2.05, 4.69) is 58.0 Å². The van der Waals surface area contributed by atoms with E-state index in [1.165, 1.54) is 53.8 Å². The lowest BCUT2D eigenvalue weighted by molar-refractivity contribution is 0.335. The van der Waals surface area contributed by atoms with Crippen molar-refractivity contribution in [1.82, 2.24) is 4.98 Å². The highest BCUT2D eigenvalue weighted by Gasteiger charge is 2.39. The van der Waals surface area contributed by atoms with Gasteiger partial charge in [-0.15, -0.1) is 6.58 Å². The Hall–Kier alpha value is -1.50. The molecular weight excluding hydrogens is 302 g/mol. The largest absolute Gasteiger partial charge is 0.361 e. The molecule has 1 aromatic heterocycles. The molecule has 3 rings (SSSR count). The Balaban J connectivity index is 2.02. The van der Waals surface area contributed by atoms with E-state index in [-0.39, 0.29) is 5.41 Å². The van der Waals surface area contributed by atoms with Gasteiger partial charge in [-0.3, -0.25) is 0 Å². The summed E-state index contributed by atoms with van der Waals surface area (Å²) in [6.45, 7) is 17.6. The first-order valence-electron chi connectivity index (χ1n) is 10.1. The lowest BCUT2D eigenvalue weighted by Crippen LogP contribution is -2.31. The third kappa shape index (κ3) is 3.30. The maximum absolute atomic E-state index is 4.34. The molecule has 1 heteroatoms. The molecule has 0 saturated carbocycles. The average molecular weight is 338 g/mol. The third-order valence-corrected chi connectivity index (χ3v) is 6.54. The van der Waals surface area contributed by atoms with Gasteiger partial charge in [-0.25, -0.2) is 0 Å². The van der Waals surface area contributed by atoms with Gasteiger partial charge in [0, 0.05) is 22.7 Å². The molecule has 1 aromatic rings. The number of hydrogen-bond acceptors (Lipinski definition) is 0. The van der Waals surface area contributed by atoms with E-state index in [1.807, 2.05) is 0 Å². The third-order valence-electron chi connectivity index (χ3n) is 6.54. The van der Waals surface area contributed by atoms with Crippen LogP contribution in [0.4, 0.5) is 0 Å². The van der Waals surface area contributed by atoms with Crippen molar-refractivity contribution in [2.45, 2.75) is 84.0 Å². The Morgan fingerprint density at radius 3 is 2.76 bits per heavy atom. The monoisotopic (exact) mass is 337 g/mol. The highest BCUT2D eigenvalue weighted by atomic mass is 14.8. The van der Waals surface area contributed by atoms with Gasteiger partial charge in [0.05, 0.1) is 0 Å². The molecule has 2 unspecified atom stereocenters. The first-order valence-corrected chi connectivity index (χ1v) is 10.1. The van der Waals surface area contributed by atoms with Crippen molar-refractivity contribution in [2.75, 3.05) is 0 Å². The molecule has 2 aliphatic carbocycles. The molecule has 0 radical (unpaired) electrons. The maximum Gasteiger partial charge on any atom is 0.0263 e. The van der Waals surface area contributed by atoms with Crippen molar-refractivity contribution in [3.63, 3.8) is 0 Å². The van der Waals surface area contributed by atoms with Crippen molar-refractivity contribution in [1.29, 1.82) is 0 Å². The van der Waals surface area contributed by atoms with Crippen LogP contribution in [0.1, 0.15) is 94.7 Å². The second kappa shape index (κ2) is 7.02. The lowest BCUT2D eigenvalue weighted by atomic mass is 9.68. The van der Waals surface area contributed by atoms with E-state index in [0.29, 0.717) is 11.8 Å². The van der Waals surface area contributed by atoms with Crippen LogP contribution in [-0.4, -0.2) is 4.98 Å². The van der Waals surface area contributed by atoms with Crippen LogP contribution in [0.25, 0.3) is 6.08 Å². The predicted molar refractivity (Wildman–Crippen MR) is 110 cm³/mol. The van der Waals surface area contributed by atoms with E-state index >= 15 is 0 Å². The minimum atomic E-state index is 0.268. The average Bonchev–Trinajstić information content (AvgIpc) is 2.95. The molecule has 1 N–H and O–H groups in total. The molecule has 0 saturated heterocycles. The molecule has 0 spiro atoms. The minimum Gasteiger partial charge on any atom is -0.361 e. The zero-order chi connectivity index (χ0) is 18.2. The summed E-state index contributed by atoms with van der Waals surface area (Å²) in [7, 11) is 0. The minimum absolute atomic E-state index is 0.268. The molecule has 25 heavy (non-hydrogen) atoms. The summed E-state index contributed by atoms with van der Waals surface area (Å²) in [5, 5.41) is 0. The number of nitrogens with one attached hydrogen (secondary N) is 1. The fraction of sp³-hybridized carbons (Fsp3) is 0.583. The highest BCUT2D eigenvalue weighted by molar-refractivity contribution is 5.63. The predicted octanol–water partition coefficient (Wildman–Crippen LogP) is 7.07. The number of aromatic nitrogens is 1. The van der Waals surface area contributed by atoms with Gasteiger partial charge in [0.2, 0.25) is 0 Å². The Labute approximate surface area is 154 Å². The van der Waals surface area contributed by atoms with Crippen LogP contribution in [-0.2, 0) is 11.8 Å². The zero-order valence-electron chi connectivity index (χ0n) is 16.7. The summed E-state index contributed by atoms with van der Waals surface area (Å²) < 4.78 is 0. The maximum atomic E-state index is 4.34. The fourth-order valence-corrected chi connectivity index (χ4v) is 4.97. The molecule has 0 aliphatic heterocycles. The number of fused-ring (bicyclic) bond motifs is 3. The Kier molecular flexibility index (Phi) is 5.14. The Morgan fingerprint density at radius 1 is 1.36 bits per heavy atom. The van der Waals surface area contributed by atoms with E-state index in [9.17, 15) is 0 Å². The Bertz CT molecular complexity index is 700. The fourth-order valence-electron chi connectivity index (χ4n) is 4.97. The summed E-state index contributed by atoms with van der Waals surface area (Å²) in [6, 6.07) is 0. The summed E-state index contributed by atoms with van der Waals surface area (Å²) in [6.07, 6.45) is 13.1. The molecule has 1 heterocycles. The van der Waals surface area contributed by atoms with Crippen LogP contribution in [0.15, 0.2) is 30.4 Å². The molecule has 2 aliphatic rings. The van der Waals surface area contributed by atoms with Crippen molar-refractivity contribution in [3.8, 4) is 0 Å². The first kappa shape index (κ1) is 18.3. The van der Waals surface area contributed by atoms with Gasteiger partial charge in [0.15, 0.2) is 0 Å². The molecule has 0 amide bonds. The van der Waals surface area contributed by atoms with Gasteiger partial charge in [0.25, 0.3) is 0 Å². The molecule has 0 bridgehead atoms. The number of aromatic amines is 1. The van der Waals surface area contributed by atoms with Gasteiger partial charge < -0.3 is 4.98 Å². The highest BCUT2D eigenvalue weighted by Crippen LogP contribution is 2.48. The van der Waals surface area contributed by atoms with Gasteiger partial charge in [0.1, 0.15) is 0 Å². The van der Waals surface area contributed by atoms with E-state index in [1.54, 1.807) is 5.56 Å². The molecule has 1 nitrogen and oxygen atoms in total. The second-order valence-corrected chi connectivity index (χ2v) is 8.78. The van der Waals surface area contributed by atoms with Crippen molar-refractivity contribution in [2.24, 2.45) is 5.92 Å². The van der Waals surface area contributed by atoms with Gasteiger partial charge in [-0.05, 0) is 68.9 Å². The summed E-state index contributed by atoms with van der Waals surface area (Å²) in [5.74, 6) is 1.14. The summed E-state index contributed by atoms with van der Waals surface area (Å²) in [4.78, 5) is 3.96. The summed E-state index contributed by atoms with van der Waals surface area (Å²) in [5.41, 5.74) is 9.06. The number of H-pyrrole nitrogens is 1. The standard InChI is InChI=1S/C24H35N/c1-7-24(15-16(2)3)13-9-12-21-20-11-8-10-19(14-18(6)17(4)5)22(20)25-23(21)24/h8,11,17,19,25H,2,6-7,9-10,12-15H2,1,3-5H3. The van der Waals surface area contributed by atoms with Crippen LogP contribution < -0.4 is 0 Å². The van der Waals surface area contributed by atoms with Crippen LogP contribution in [0.2, 0.25) is 0 Å². The normalized spacial score (nSPS) is 24.9. The molecular formula is C24H35N. The van der Waals surface area contributed by atoms with Crippen molar-refractivity contribution in [3.05, 3.63) is 52.9 Å². The molecule has 136 valence electrons. The molecule has 0 aromatic carbocycles. The smallest absolute Gasteiger partial charge is 0.0263 e. The molecule has 2 atom stereocenters. The summed E-state index contributed by atoms with van der Waals surface area (Å²) >= 11 is 0. The Morgan fingerprint density at radius 2 is 2.12 bits per heavy atom. The van der Waals surface area contributed by atoms with E-state index < -0.39 is 0 Å². The number of allylic oxidation sites excluding steroid dienone is 3. The lowest BCUT2D eigenvalue weighted by Gasteiger charge is -2.37. The topological polar surface area (TPSA) is 15.8 Å². The van der Waals surface area contributed by atoms with Gasteiger partial charge >= 0.3 is 0 Å². The van der Waals surface area contributed by atoms with Crippen molar-refractivity contribution >= 4 is 6.08 Å². The second-order valence-electron chi connectivity index (χ2n) is 8.78. The SMILES string of the molecule is C=C(C)CC1(CC)CCCc2c1[nH]c1c2C=CCC1CC(=C)C(C)C.